The summed E-state index contributed by atoms with van der Waals surface area (Å²) in [6, 6.07) is 0.423. The first-order valence-electron chi connectivity index (χ1n) is 7.95. The van der Waals surface area contributed by atoms with Gasteiger partial charge in [0, 0.05) is 6.20 Å². The number of carbonyl (C=O) groups is 1. The fourth-order valence-corrected chi connectivity index (χ4v) is 2.94. The number of nitrogen functional groups attached to an aromatic ring is 1. The first kappa shape index (κ1) is 20.6. The zero-order valence-electron chi connectivity index (χ0n) is 14.6. The van der Waals surface area contributed by atoms with Gasteiger partial charge in [-0.2, -0.15) is 0 Å². The van der Waals surface area contributed by atoms with Crippen LogP contribution in [0.25, 0.3) is 0 Å². The summed E-state index contributed by atoms with van der Waals surface area (Å²) in [6.45, 7) is 3.77. The van der Waals surface area contributed by atoms with Crippen LogP contribution in [0.4, 0.5) is 10.2 Å². The Labute approximate surface area is 154 Å². The number of esters is 1. The van der Waals surface area contributed by atoms with E-state index in [1.165, 1.54) is 19.2 Å². The predicted octanol–water partition coefficient (Wildman–Crippen LogP) is -0.188. The van der Waals surface area contributed by atoms with Gasteiger partial charge in [-0.3, -0.25) is 9.36 Å². The van der Waals surface area contributed by atoms with Crippen LogP contribution in [0.3, 0.4) is 0 Å². The number of alkyl halides is 1. The molecule has 0 spiro atoms. The highest BCUT2D eigenvalue weighted by atomic mass is 32.1. The number of nitrogens with two attached hydrogens (primary N) is 2. The van der Waals surface area contributed by atoms with Gasteiger partial charge >= 0.3 is 5.97 Å². The van der Waals surface area contributed by atoms with Crippen LogP contribution in [0.15, 0.2) is 12.3 Å². The smallest absolute Gasteiger partial charge is 0.323 e. The third kappa shape index (κ3) is 3.58. The molecule has 0 amide bonds. The maximum Gasteiger partial charge on any atom is 0.323 e. The summed E-state index contributed by atoms with van der Waals surface area (Å²) in [5.74, 6) is -3.80. The monoisotopic (exact) mass is 390 g/mol. The number of carbonyl (C=O) groups excluding carboxylic acids is 1. The number of aromatic nitrogens is 2. The first-order chi connectivity index (χ1) is 11.9. The van der Waals surface area contributed by atoms with E-state index in [1.807, 2.05) is 0 Å². The number of nitrogens with zero attached hydrogens (tertiary/aromatic N) is 2. The van der Waals surface area contributed by atoms with E-state index >= 15 is 4.39 Å². The number of hydrogen-bond acceptors (Lipinski definition) is 9. The van der Waals surface area contributed by atoms with E-state index in [4.69, 9.17) is 33.2 Å². The molecule has 2 heterocycles. The maximum absolute atomic E-state index is 15.1. The largest absolute Gasteiger partial charge is 0.458 e. The highest BCUT2D eigenvalue weighted by Gasteiger charge is 2.63. The van der Waals surface area contributed by atoms with Crippen molar-refractivity contribution in [2.24, 2.45) is 11.7 Å². The van der Waals surface area contributed by atoms with Crippen LogP contribution in [0.2, 0.25) is 0 Å². The van der Waals surface area contributed by atoms with Crippen LogP contribution in [0.5, 0.6) is 0 Å². The molecule has 11 heteroatoms. The van der Waals surface area contributed by atoms with Gasteiger partial charge in [-0.05, 0) is 31.1 Å². The van der Waals surface area contributed by atoms with Gasteiger partial charge in [0.1, 0.15) is 24.1 Å². The highest BCUT2D eigenvalue weighted by molar-refractivity contribution is 7.71. The van der Waals surface area contributed by atoms with E-state index in [9.17, 15) is 15.0 Å². The number of halogens is 1. The summed E-state index contributed by atoms with van der Waals surface area (Å²) in [4.78, 5) is 15.7. The van der Waals surface area contributed by atoms with Crippen molar-refractivity contribution in [3.63, 3.8) is 0 Å². The lowest BCUT2D eigenvalue weighted by atomic mass is 10.0. The molecule has 1 aromatic heterocycles. The van der Waals surface area contributed by atoms with E-state index in [-0.39, 0.29) is 16.5 Å². The van der Waals surface area contributed by atoms with E-state index in [0.717, 1.165) is 4.57 Å². The molecule has 1 fully saturated rings. The fourth-order valence-electron chi connectivity index (χ4n) is 2.59. The Hall–Kier alpha value is -1.66. The summed E-state index contributed by atoms with van der Waals surface area (Å²) >= 11 is 5.06. The van der Waals surface area contributed by atoms with E-state index < -0.39 is 42.4 Å². The Morgan fingerprint density at radius 3 is 2.69 bits per heavy atom. The molecule has 1 aromatic rings. The second-order valence-electron chi connectivity index (χ2n) is 6.72. The fraction of sp³-hybridized carbons (Fsp3) is 0.667. The molecule has 1 saturated heterocycles. The van der Waals surface area contributed by atoms with Gasteiger partial charge in [0.15, 0.2) is 12.3 Å². The molecule has 2 rings (SSSR count). The number of rotatable bonds is 5. The van der Waals surface area contributed by atoms with E-state index in [2.05, 4.69) is 4.98 Å². The average molecular weight is 390 g/mol. The molecule has 0 aromatic carbocycles. The number of hydrogen-bond donors (Lipinski definition) is 4. The van der Waals surface area contributed by atoms with Crippen molar-refractivity contribution in [2.75, 3.05) is 12.3 Å². The van der Waals surface area contributed by atoms with Gasteiger partial charge < -0.3 is 31.2 Å². The lowest BCUT2D eigenvalue weighted by Crippen LogP contribution is -2.46. The van der Waals surface area contributed by atoms with Crippen LogP contribution in [0, 0.1) is 10.7 Å². The third-order valence-electron chi connectivity index (χ3n) is 4.37. The lowest BCUT2D eigenvalue weighted by Gasteiger charge is -2.31. The van der Waals surface area contributed by atoms with Crippen molar-refractivity contribution in [2.45, 2.75) is 50.6 Å². The van der Waals surface area contributed by atoms with Crippen LogP contribution in [-0.2, 0) is 20.0 Å². The quantitative estimate of drug-likeness (QED) is 0.397. The Morgan fingerprint density at radius 1 is 1.54 bits per heavy atom. The molecule has 146 valence electrons. The summed E-state index contributed by atoms with van der Waals surface area (Å²) < 4.78 is 26.3. The van der Waals surface area contributed by atoms with Crippen molar-refractivity contribution in [3.05, 3.63) is 17.0 Å². The average Bonchev–Trinajstić information content (AvgIpc) is 2.73. The highest BCUT2D eigenvalue weighted by Crippen LogP contribution is 2.43. The van der Waals surface area contributed by atoms with E-state index in [0.29, 0.717) is 0 Å². The zero-order valence-corrected chi connectivity index (χ0v) is 15.4. The minimum absolute atomic E-state index is 0.0816. The molecule has 6 N–H and O–H groups in total. The van der Waals surface area contributed by atoms with Gasteiger partial charge in [0.25, 0.3) is 5.85 Å². The number of ether oxygens (including phenoxy) is 2. The molecular formula is C15H23FN4O5S. The zero-order chi connectivity index (χ0) is 19.9. The molecular weight excluding hydrogens is 367 g/mol. The van der Waals surface area contributed by atoms with Crippen LogP contribution in [-0.4, -0.2) is 56.4 Å². The molecule has 0 radical (unpaired) electrons. The Morgan fingerprint density at radius 2 is 2.15 bits per heavy atom. The minimum Gasteiger partial charge on any atom is -0.458 e. The molecule has 0 saturated carbocycles. The SMILES string of the molecule is CC(C)[C@H](N)C(=O)OC[C@@]1(F)O[C@@](C)(n2ccc(N)nc2=S)[C@H](O)[C@@H]1O. The van der Waals surface area contributed by atoms with Crippen LogP contribution >= 0.6 is 12.2 Å². The van der Waals surface area contributed by atoms with Crippen molar-refractivity contribution >= 4 is 24.0 Å². The predicted molar refractivity (Wildman–Crippen MR) is 91.8 cm³/mol. The third-order valence-corrected chi connectivity index (χ3v) is 4.66. The second-order valence-corrected chi connectivity index (χ2v) is 7.08. The summed E-state index contributed by atoms with van der Waals surface area (Å²) in [5.41, 5.74) is 9.38. The standard InChI is InChI=1S/C15H23FN4O5S/c1-7(2)9(18)12(23)24-6-15(16)11(22)10(21)14(3,25-15)20-5-4-8(17)19-13(20)26/h4-5,7,9-11,21-22H,6,18H2,1-3H3,(H2,17,19,26)/t9-,10+,11-,14+,15+/m0/s1. The summed E-state index contributed by atoms with van der Waals surface area (Å²) in [5, 5.41) is 20.5. The lowest BCUT2D eigenvalue weighted by molar-refractivity contribution is -0.245. The first-order valence-corrected chi connectivity index (χ1v) is 8.36. The molecule has 1 aliphatic rings. The Balaban J connectivity index is 2.25. The van der Waals surface area contributed by atoms with E-state index in [1.54, 1.807) is 13.8 Å². The van der Waals surface area contributed by atoms with Crippen LogP contribution in [0.1, 0.15) is 20.8 Å². The van der Waals surface area contributed by atoms with Crippen molar-refractivity contribution in [3.8, 4) is 0 Å². The van der Waals surface area contributed by atoms with Crippen molar-refractivity contribution in [1.82, 2.24) is 9.55 Å². The molecule has 0 bridgehead atoms. The summed E-state index contributed by atoms with van der Waals surface area (Å²) in [7, 11) is 0. The minimum atomic E-state index is -2.86. The normalized spacial score (nSPS) is 32.6. The Kier molecular flexibility index (Phi) is 5.69. The number of aliphatic hydroxyl groups is 2. The van der Waals surface area contributed by atoms with Gasteiger partial charge in [0.2, 0.25) is 4.77 Å². The molecule has 26 heavy (non-hydrogen) atoms. The Bertz CT molecular complexity index is 747. The molecule has 9 nitrogen and oxygen atoms in total. The number of aliphatic hydroxyl groups excluding tert-OH is 2. The van der Waals surface area contributed by atoms with Crippen LogP contribution < -0.4 is 11.5 Å². The molecule has 1 aliphatic heterocycles. The van der Waals surface area contributed by atoms with Gasteiger partial charge in [-0.25, -0.2) is 9.37 Å². The molecule has 5 atom stereocenters. The summed E-state index contributed by atoms with van der Waals surface area (Å²) in [6.07, 6.45) is -2.37. The van der Waals surface area contributed by atoms with Crippen molar-refractivity contribution in [1.29, 1.82) is 0 Å². The van der Waals surface area contributed by atoms with Gasteiger partial charge in [0.05, 0.1) is 0 Å². The maximum atomic E-state index is 15.1. The van der Waals surface area contributed by atoms with Gasteiger partial charge in [-0.15, -0.1) is 0 Å². The van der Waals surface area contributed by atoms with Gasteiger partial charge in [-0.1, -0.05) is 13.8 Å². The number of anilines is 1. The topological polar surface area (TPSA) is 146 Å². The molecule has 0 aliphatic carbocycles. The molecule has 0 unspecified atom stereocenters. The second kappa shape index (κ2) is 7.16. The van der Waals surface area contributed by atoms with Crippen molar-refractivity contribution < 1.29 is 28.9 Å².